The summed E-state index contributed by atoms with van der Waals surface area (Å²) >= 11 is 0. The Balaban J connectivity index is 2.54. The van der Waals surface area contributed by atoms with Crippen molar-refractivity contribution in [2.75, 3.05) is 13.7 Å². The fourth-order valence-corrected chi connectivity index (χ4v) is 1.81. The Morgan fingerprint density at radius 2 is 2.00 bits per heavy atom. The molecular weight excluding hydrogens is 240 g/mol. The van der Waals surface area contributed by atoms with Crippen LogP contribution in [0.2, 0.25) is 0 Å². The molecule has 1 aromatic carbocycles. The maximum Gasteiger partial charge on any atom is 0.234 e. The summed E-state index contributed by atoms with van der Waals surface area (Å²) in [7, 11) is 1.64. The van der Waals surface area contributed by atoms with E-state index in [0.29, 0.717) is 12.6 Å². The van der Waals surface area contributed by atoms with Crippen LogP contribution in [0.5, 0.6) is 5.75 Å². The Morgan fingerprint density at radius 1 is 1.32 bits per heavy atom. The first-order valence-corrected chi connectivity index (χ1v) is 6.74. The van der Waals surface area contributed by atoms with E-state index in [1.165, 1.54) is 0 Å². The summed E-state index contributed by atoms with van der Waals surface area (Å²) in [5.74, 6) is 0.795. The van der Waals surface area contributed by atoms with Gasteiger partial charge < -0.3 is 15.4 Å². The van der Waals surface area contributed by atoms with Crippen LogP contribution in [-0.4, -0.2) is 25.6 Å². The molecule has 2 atom stereocenters. The van der Waals surface area contributed by atoms with Gasteiger partial charge in [0.05, 0.1) is 19.7 Å². The van der Waals surface area contributed by atoms with Crippen LogP contribution in [0.25, 0.3) is 0 Å². The zero-order valence-corrected chi connectivity index (χ0v) is 12.2. The first kappa shape index (κ1) is 15.5. The van der Waals surface area contributed by atoms with E-state index in [4.69, 9.17) is 4.74 Å². The third kappa shape index (κ3) is 4.91. The molecule has 2 unspecified atom stereocenters. The number of carbonyl (C=O) groups is 1. The molecule has 0 saturated heterocycles. The van der Waals surface area contributed by atoms with Crippen LogP contribution in [-0.2, 0) is 4.79 Å². The van der Waals surface area contributed by atoms with Gasteiger partial charge in [-0.2, -0.15) is 0 Å². The van der Waals surface area contributed by atoms with Crippen LogP contribution in [0.3, 0.4) is 0 Å². The van der Waals surface area contributed by atoms with Crippen molar-refractivity contribution in [3.63, 3.8) is 0 Å². The summed E-state index contributed by atoms with van der Waals surface area (Å²) in [5.41, 5.74) is 0.988. The van der Waals surface area contributed by atoms with Gasteiger partial charge >= 0.3 is 0 Å². The van der Waals surface area contributed by atoms with Crippen LogP contribution < -0.4 is 15.4 Å². The van der Waals surface area contributed by atoms with Gasteiger partial charge in [-0.1, -0.05) is 25.1 Å². The summed E-state index contributed by atoms with van der Waals surface area (Å²) in [6.07, 6.45) is 1.01. The van der Waals surface area contributed by atoms with Crippen LogP contribution in [0.4, 0.5) is 0 Å². The molecule has 0 fully saturated rings. The number of amides is 1. The van der Waals surface area contributed by atoms with Crippen molar-refractivity contribution >= 4 is 5.91 Å². The first-order chi connectivity index (χ1) is 9.08. The second-order valence-electron chi connectivity index (χ2n) is 4.72. The molecule has 4 heteroatoms. The Labute approximate surface area is 115 Å². The maximum absolute atomic E-state index is 11.8. The highest BCUT2D eigenvalue weighted by molar-refractivity contribution is 5.78. The van der Waals surface area contributed by atoms with Crippen LogP contribution >= 0.6 is 0 Å². The second kappa shape index (κ2) is 7.79. The molecule has 0 radical (unpaired) electrons. The van der Waals surface area contributed by atoms with Crippen molar-refractivity contribution in [3.05, 3.63) is 29.8 Å². The Kier molecular flexibility index (Phi) is 6.36. The topological polar surface area (TPSA) is 50.4 Å². The minimum atomic E-state index is -0.0672. The predicted octanol–water partition coefficient (Wildman–Crippen LogP) is 2.26. The molecular formula is C15H24N2O2. The normalized spacial score (nSPS) is 13.7. The largest absolute Gasteiger partial charge is 0.496 e. The van der Waals surface area contributed by atoms with Crippen LogP contribution in [0, 0.1) is 0 Å². The van der Waals surface area contributed by atoms with E-state index in [1.54, 1.807) is 7.11 Å². The molecule has 0 aliphatic carbocycles. The van der Waals surface area contributed by atoms with Crippen molar-refractivity contribution in [1.82, 2.24) is 10.6 Å². The fraction of sp³-hybridized carbons (Fsp3) is 0.533. The summed E-state index contributed by atoms with van der Waals surface area (Å²) in [5, 5.41) is 6.14. The van der Waals surface area contributed by atoms with Gasteiger partial charge in [-0.05, 0) is 26.3 Å². The lowest BCUT2D eigenvalue weighted by Crippen LogP contribution is -2.38. The first-order valence-electron chi connectivity index (χ1n) is 6.74. The number of carbonyl (C=O) groups excluding carboxylic acids is 1. The highest BCUT2D eigenvalue weighted by atomic mass is 16.5. The number of hydrogen-bond donors (Lipinski definition) is 2. The lowest BCUT2D eigenvalue weighted by Gasteiger charge is -2.18. The number of ether oxygens (including phenoxy) is 1. The lowest BCUT2D eigenvalue weighted by molar-refractivity contribution is -0.121. The van der Waals surface area contributed by atoms with Gasteiger partial charge in [-0.15, -0.1) is 0 Å². The fourth-order valence-electron chi connectivity index (χ4n) is 1.81. The molecule has 0 bridgehead atoms. The smallest absolute Gasteiger partial charge is 0.234 e. The lowest BCUT2D eigenvalue weighted by atomic mass is 10.1. The Morgan fingerprint density at radius 3 is 2.63 bits per heavy atom. The summed E-state index contributed by atoms with van der Waals surface area (Å²) in [6.45, 7) is 6.46. The molecule has 0 saturated carbocycles. The van der Waals surface area contributed by atoms with Gasteiger partial charge in [0.15, 0.2) is 0 Å². The van der Waals surface area contributed by atoms with Crippen LogP contribution in [0.1, 0.15) is 38.8 Å². The molecule has 1 amide bonds. The van der Waals surface area contributed by atoms with Crippen molar-refractivity contribution in [1.29, 1.82) is 0 Å². The van der Waals surface area contributed by atoms with Crippen molar-refractivity contribution in [2.24, 2.45) is 0 Å². The maximum atomic E-state index is 11.8. The van der Waals surface area contributed by atoms with E-state index in [0.717, 1.165) is 17.7 Å². The van der Waals surface area contributed by atoms with E-state index in [1.807, 2.05) is 31.2 Å². The number of benzene rings is 1. The highest BCUT2D eigenvalue weighted by Gasteiger charge is 2.13. The number of rotatable bonds is 7. The number of nitrogens with one attached hydrogen (secondary N) is 2. The standard InChI is InChI=1S/C15H24N2O2/c1-5-11(2)16-10-15(18)17-12(3)13-8-6-7-9-14(13)19-4/h6-9,11-12,16H,5,10H2,1-4H3,(H,17,18). The molecule has 4 nitrogen and oxygen atoms in total. The van der Waals surface area contributed by atoms with E-state index in [2.05, 4.69) is 24.5 Å². The van der Waals surface area contributed by atoms with Crippen LogP contribution in [0.15, 0.2) is 24.3 Å². The van der Waals surface area contributed by atoms with E-state index in [-0.39, 0.29) is 11.9 Å². The van der Waals surface area contributed by atoms with Gasteiger partial charge in [0.2, 0.25) is 5.91 Å². The number of methoxy groups -OCH3 is 1. The quantitative estimate of drug-likeness (QED) is 0.794. The molecule has 0 aliphatic rings. The Bertz CT molecular complexity index is 407. The zero-order valence-electron chi connectivity index (χ0n) is 12.2. The monoisotopic (exact) mass is 264 g/mol. The third-order valence-corrected chi connectivity index (χ3v) is 3.21. The molecule has 0 aromatic heterocycles. The predicted molar refractivity (Wildman–Crippen MR) is 77.3 cm³/mol. The minimum absolute atomic E-state index is 0.00120. The molecule has 0 heterocycles. The van der Waals surface area contributed by atoms with Crippen molar-refractivity contribution in [3.8, 4) is 5.75 Å². The SMILES string of the molecule is CCC(C)NCC(=O)NC(C)c1ccccc1OC. The van der Waals surface area contributed by atoms with Gasteiger partial charge in [0.1, 0.15) is 5.75 Å². The molecule has 2 N–H and O–H groups in total. The van der Waals surface area contributed by atoms with Gasteiger partial charge in [-0.3, -0.25) is 4.79 Å². The van der Waals surface area contributed by atoms with Crippen molar-refractivity contribution in [2.45, 2.75) is 39.3 Å². The molecule has 0 spiro atoms. The molecule has 106 valence electrons. The van der Waals surface area contributed by atoms with Crippen molar-refractivity contribution < 1.29 is 9.53 Å². The summed E-state index contributed by atoms with van der Waals surface area (Å²) in [4.78, 5) is 11.8. The summed E-state index contributed by atoms with van der Waals surface area (Å²) in [6, 6.07) is 8.01. The highest BCUT2D eigenvalue weighted by Crippen LogP contribution is 2.23. The molecule has 19 heavy (non-hydrogen) atoms. The van der Waals surface area contributed by atoms with E-state index < -0.39 is 0 Å². The molecule has 0 aliphatic heterocycles. The number of hydrogen-bond acceptors (Lipinski definition) is 3. The second-order valence-corrected chi connectivity index (χ2v) is 4.72. The van der Waals surface area contributed by atoms with Gasteiger partial charge in [0, 0.05) is 11.6 Å². The van der Waals surface area contributed by atoms with Gasteiger partial charge in [0.25, 0.3) is 0 Å². The van der Waals surface area contributed by atoms with Gasteiger partial charge in [-0.25, -0.2) is 0 Å². The minimum Gasteiger partial charge on any atom is -0.496 e. The Hall–Kier alpha value is -1.55. The summed E-state index contributed by atoms with van der Waals surface area (Å²) < 4.78 is 5.30. The number of para-hydroxylation sites is 1. The third-order valence-electron chi connectivity index (χ3n) is 3.21. The molecule has 1 aromatic rings. The van der Waals surface area contributed by atoms with E-state index >= 15 is 0 Å². The van der Waals surface area contributed by atoms with E-state index in [9.17, 15) is 4.79 Å². The molecule has 1 rings (SSSR count). The average molecular weight is 264 g/mol. The zero-order chi connectivity index (χ0) is 14.3. The average Bonchev–Trinajstić information content (AvgIpc) is 2.44.